The molecule has 2 N–H and O–H groups in total. The number of hydrogen-bond acceptors (Lipinski definition) is 6. The highest BCUT2D eigenvalue weighted by Crippen LogP contribution is 2.37. The van der Waals surface area contributed by atoms with Gasteiger partial charge in [-0.15, -0.1) is 0 Å². The molecule has 2 aliphatic rings. The predicted molar refractivity (Wildman–Crippen MR) is 103 cm³/mol. The van der Waals surface area contributed by atoms with E-state index in [-0.39, 0.29) is 11.9 Å². The molecule has 8 heteroatoms. The zero-order valence-corrected chi connectivity index (χ0v) is 15.8. The van der Waals surface area contributed by atoms with Gasteiger partial charge in [-0.1, -0.05) is 30.2 Å². The van der Waals surface area contributed by atoms with Crippen molar-refractivity contribution in [2.45, 2.75) is 38.6 Å². The molecule has 1 spiro atoms. The van der Waals surface area contributed by atoms with Crippen LogP contribution in [0.3, 0.4) is 0 Å². The molecule has 2 fully saturated rings. The fraction of sp³-hybridized carbons (Fsp3) is 0.579. The van der Waals surface area contributed by atoms with Crippen molar-refractivity contribution in [3.05, 3.63) is 30.3 Å². The summed E-state index contributed by atoms with van der Waals surface area (Å²) in [5, 5.41) is 18.6. The molecular formula is C19H27N7O. The van der Waals surface area contributed by atoms with E-state index in [1.54, 1.807) is 4.68 Å². The zero-order valence-electron chi connectivity index (χ0n) is 15.8. The van der Waals surface area contributed by atoms with E-state index in [0.717, 1.165) is 44.7 Å². The number of anilines is 1. The third kappa shape index (κ3) is 3.66. The topological polar surface area (TPSA) is 88.0 Å². The van der Waals surface area contributed by atoms with Gasteiger partial charge < -0.3 is 15.5 Å². The second-order valence-corrected chi connectivity index (χ2v) is 7.61. The Morgan fingerprint density at radius 2 is 2.04 bits per heavy atom. The van der Waals surface area contributed by atoms with Gasteiger partial charge in [-0.3, -0.25) is 4.79 Å². The molecule has 0 radical (unpaired) electrons. The van der Waals surface area contributed by atoms with Gasteiger partial charge in [0.2, 0.25) is 11.9 Å². The third-order valence-corrected chi connectivity index (χ3v) is 5.95. The molecule has 2 aromatic rings. The molecular weight excluding hydrogens is 342 g/mol. The monoisotopic (exact) mass is 369 g/mol. The summed E-state index contributed by atoms with van der Waals surface area (Å²) in [5.74, 6) is 0.635. The van der Waals surface area contributed by atoms with Crippen LogP contribution in [0, 0.1) is 5.41 Å². The first-order valence-corrected chi connectivity index (χ1v) is 9.81. The zero-order chi connectivity index (χ0) is 18.7. The minimum absolute atomic E-state index is 0.140. The molecule has 1 unspecified atom stereocenters. The van der Waals surface area contributed by atoms with Crippen molar-refractivity contribution in [3.63, 3.8) is 0 Å². The SMILES string of the molecule is CCC(Nc1nnnn1-c1ccccc1)C(=O)N1CCC2(CCNC2)CC1. The van der Waals surface area contributed by atoms with Gasteiger partial charge >= 0.3 is 0 Å². The Morgan fingerprint density at radius 3 is 2.70 bits per heavy atom. The summed E-state index contributed by atoms with van der Waals surface area (Å²) in [6.45, 7) is 5.88. The second-order valence-electron chi connectivity index (χ2n) is 7.61. The van der Waals surface area contributed by atoms with Gasteiger partial charge in [0, 0.05) is 19.6 Å². The molecule has 3 heterocycles. The number of carbonyl (C=O) groups is 1. The van der Waals surface area contributed by atoms with E-state index in [0.29, 0.717) is 17.8 Å². The lowest BCUT2D eigenvalue weighted by Crippen LogP contribution is -2.49. The molecule has 27 heavy (non-hydrogen) atoms. The van der Waals surface area contributed by atoms with Crippen LogP contribution in [0.2, 0.25) is 0 Å². The highest BCUT2D eigenvalue weighted by Gasteiger charge is 2.39. The van der Waals surface area contributed by atoms with Crippen LogP contribution >= 0.6 is 0 Å². The average Bonchev–Trinajstić information content (AvgIpc) is 3.37. The largest absolute Gasteiger partial charge is 0.341 e. The summed E-state index contributed by atoms with van der Waals surface area (Å²) in [4.78, 5) is 15.1. The van der Waals surface area contributed by atoms with E-state index in [4.69, 9.17) is 0 Å². The smallest absolute Gasteiger partial charge is 0.248 e. The minimum Gasteiger partial charge on any atom is -0.341 e. The van der Waals surface area contributed by atoms with Crippen LogP contribution in [0.15, 0.2) is 30.3 Å². The summed E-state index contributed by atoms with van der Waals surface area (Å²) in [7, 11) is 0. The first-order valence-electron chi connectivity index (χ1n) is 9.81. The number of hydrogen-bond donors (Lipinski definition) is 2. The summed E-state index contributed by atoms with van der Waals surface area (Å²) in [5.41, 5.74) is 1.27. The molecule has 0 saturated carbocycles. The summed E-state index contributed by atoms with van der Waals surface area (Å²) >= 11 is 0. The minimum atomic E-state index is -0.325. The molecule has 2 saturated heterocycles. The number of amides is 1. The van der Waals surface area contributed by atoms with Crippen molar-refractivity contribution >= 4 is 11.9 Å². The number of aromatic nitrogens is 4. The van der Waals surface area contributed by atoms with E-state index >= 15 is 0 Å². The number of carbonyl (C=O) groups excluding carboxylic acids is 1. The lowest BCUT2D eigenvalue weighted by molar-refractivity contribution is -0.134. The lowest BCUT2D eigenvalue weighted by Gasteiger charge is -2.40. The number of likely N-dealkylation sites (tertiary alicyclic amines) is 1. The highest BCUT2D eigenvalue weighted by molar-refractivity contribution is 5.84. The summed E-state index contributed by atoms with van der Waals surface area (Å²) in [6, 6.07) is 9.36. The van der Waals surface area contributed by atoms with Gasteiger partial charge in [0.15, 0.2) is 0 Å². The number of nitrogens with zero attached hydrogens (tertiary/aromatic N) is 5. The van der Waals surface area contributed by atoms with Crippen LogP contribution in [-0.4, -0.2) is 63.2 Å². The Hall–Kier alpha value is -2.48. The summed E-state index contributed by atoms with van der Waals surface area (Å²) < 4.78 is 1.63. The van der Waals surface area contributed by atoms with Gasteiger partial charge in [-0.25, -0.2) is 0 Å². The predicted octanol–water partition coefficient (Wildman–Crippen LogP) is 1.45. The standard InChI is InChI=1S/C19H27N7O/c1-2-16(17(27)25-12-9-19(10-13-25)8-11-20-14-19)21-18-22-23-24-26(18)15-6-4-3-5-7-15/h3-7,16,20H,2,8-14H2,1H3,(H,21,22,24). The van der Waals surface area contributed by atoms with Gasteiger partial charge in [0.25, 0.3) is 0 Å². The number of para-hydroxylation sites is 1. The molecule has 144 valence electrons. The molecule has 1 amide bonds. The Balaban J connectivity index is 1.43. The van der Waals surface area contributed by atoms with E-state index in [1.165, 1.54) is 6.42 Å². The molecule has 1 atom stereocenters. The number of piperidine rings is 1. The molecule has 0 aliphatic carbocycles. The van der Waals surface area contributed by atoms with Crippen molar-refractivity contribution in [1.29, 1.82) is 0 Å². The van der Waals surface area contributed by atoms with E-state index < -0.39 is 0 Å². The van der Waals surface area contributed by atoms with E-state index in [2.05, 4.69) is 26.2 Å². The van der Waals surface area contributed by atoms with Gasteiger partial charge in [-0.05, 0) is 60.2 Å². The van der Waals surface area contributed by atoms with Crippen LogP contribution in [0.1, 0.15) is 32.6 Å². The van der Waals surface area contributed by atoms with Crippen molar-refractivity contribution < 1.29 is 4.79 Å². The van der Waals surface area contributed by atoms with Gasteiger partial charge in [-0.2, -0.15) is 4.68 Å². The second kappa shape index (κ2) is 7.64. The van der Waals surface area contributed by atoms with Crippen molar-refractivity contribution in [3.8, 4) is 5.69 Å². The van der Waals surface area contributed by atoms with Crippen molar-refractivity contribution in [1.82, 2.24) is 30.4 Å². The van der Waals surface area contributed by atoms with E-state index in [9.17, 15) is 4.79 Å². The first kappa shape index (κ1) is 17.9. The fourth-order valence-electron chi connectivity index (χ4n) is 4.16. The molecule has 4 rings (SSSR count). The Bertz CT molecular complexity index is 759. The Labute approximate surface area is 159 Å². The van der Waals surface area contributed by atoms with Gasteiger partial charge in [0.05, 0.1) is 5.69 Å². The van der Waals surface area contributed by atoms with Crippen molar-refractivity contribution in [2.75, 3.05) is 31.5 Å². The first-order chi connectivity index (χ1) is 13.2. The molecule has 2 aliphatic heterocycles. The number of nitrogens with one attached hydrogen (secondary N) is 2. The highest BCUT2D eigenvalue weighted by atomic mass is 16.2. The molecule has 8 nitrogen and oxygen atoms in total. The maximum absolute atomic E-state index is 13.1. The number of benzene rings is 1. The number of rotatable bonds is 5. The number of tetrazole rings is 1. The normalized spacial score (nSPS) is 20.0. The van der Waals surface area contributed by atoms with Crippen LogP contribution in [-0.2, 0) is 4.79 Å². The fourth-order valence-corrected chi connectivity index (χ4v) is 4.16. The van der Waals surface area contributed by atoms with E-state index in [1.807, 2.05) is 42.2 Å². The average molecular weight is 369 g/mol. The van der Waals surface area contributed by atoms with Crippen LogP contribution in [0.4, 0.5) is 5.95 Å². The van der Waals surface area contributed by atoms with Gasteiger partial charge in [0.1, 0.15) is 6.04 Å². The molecule has 1 aromatic heterocycles. The van der Waals surface area contributed by atoms with Crippen LogP contribution in [0.5, 0.6) is 0 Å². The van der Waals surface area contributed by atoms with Crippen LogP contribution in [0.25, 0.3) is 5.69 Å². The maximum Gasteiger partial charge on any atom is 0.248 e. The molecule has 1 aromatic carbocycles. The van der Waals surface area contributed by atoms with Crippen LogP contribution < -0.4 is 10.6 Å². The lowest BCUT2D eigenvalue weighted by atomic mass is 9.77. The Kier molecular flexibility index (Phi) is 5.07. The quantitative estimate of drug-likeness (QED) is 0.830. The summed E-state index contributed by atoms with van der Waals surface area (Å²) in [6.07, 6.45) is 4.09. The third-order valence-electron chi connectivity index (χ3n) is 5.95. The Morgan fingerprint density at radius 1 is 1.26 bits per heavy atom. The maximum atomic E-state index is 13.1. The van der Waals surface area contributed by atoms with Crippen molar-refractivity contribution in [2.24, 2.45) is 5.41 Å². The molecule has 0 bridgehead atoms.